The molecule has 23 heavy (non-hydrogen) atoms. The van der Waals surface area contributed by atoms with E-state index in [1.165, 1.54) is 0 Å². The molecule has 0 N–H and O–H groups in total. The van der Waals surface area contributed by atoms with Gasteiger partial charge in [-0.1, -0.05) is 91.0 Å². The van der Waals surface area contributed by atoms with Crippen molar-refractivity contribution < 1.29 is 4.57 Å². The van der Waals surface area contributed by atoms with Crippen molar-refractivity contribution in [1.82, 2.24) is 0 Å². The van der Waals surface area contributed by atoms with Crippen LogP contribution in [0.5, 0.6) is 0 Å². The molecule has 2 heteroatoms. The van der Waals surface area contributed by atoms with Crippen LogP contribution in [0.25, 0.3) is 6.08 Å². The largest absolute Gasteiger partial charge is 0.309 e. The summed E-state index contributed by atoms with van der Waals surface area (Å²) in [6.45, 7) is 1.97. The van der Waals surface area contributed by atoms with Crippen molar-refractivity contribution in [3.05, 3.63) is 102 Å². The molecule has 0 unspecified atom stereocenters. The molecule has 0 radical (unpaired) electrons. The van der Waals surface area contributed by atoms with Crippen LogP contribution in [0.3, 0.4) is 0 Å². The fourth-order valence-electron chi connectivity index (χ4n) is 2.71. The lowest BCUT2D eigenvalue weighted by atomic mass is 10.2. The predicted molar refractivity (Wildman–Crippen MR) is 99.9 cm³/mol. The van der Waals surface area contributed by atoms with Crippen LogP contribution in [0.4, 0.5) is 0 Å². The van der Waals surface area contributed by atoms with Crippen LogP contribution >= 0.6 is 7.14 Å². The third kappa shape index (κ3) is 3.21. The SMILES string of the molecule is CC(=Cc1ccccc1)P(=O)(c1ccccc1)c1ccccc1. The van der Waals surface area contributed by atoms with Crippen LogP contribution in [-0.4, -0.2) is 0 Å². The van der Waals surface area contributed by atoms with Gasteiger partial charge in [0, 0.05) is 10.6 Å². The van der Waals surface area contributed by atoms with E-state index in [0.29, 0.717) is 0 Å². The number of rotatable bonds is 4. The minimum Gasteiger partial charge on any atom is -0.309 e. The summed E-state index contributed by atoms with van der Waals surface area (Å²) >= 11 is 0. The molecule has 3 aromatic rings. The Morgan fingerprint density at radius 3 is 1.52 bits per heavy atom. The Morgan fingerprint density at radius 1 is 0.696 bits per heavy atom. The summed E-state index contributed by atoms with van der Waals surface area (Å²) in [5.74, 6) is 0. The van der Waals surface area contributed by atoms with Crippen LogP contribution in [0.1, 0.15) is 12.5 Å². The minimum absolute atomic E-state index is 0.871. The van der Waals surface area contributed by atoms with Gasteiger partial charge in [0.2, 0.25) is 0 Å². The third-order valence-corrected chi connectivity index (χ3v) is 7.08. The maximum atomic E-state index is 14.1. The van der Waals surface area contributed by atoms with Crippen molar-refractivity contribution >= 4 is 23.8 Å². The topological polar surface area (TPSA) is 17.1 Å². The minimum atomic E-state index is -2.82. The molecule has 0 heterocycles. The number of benzene rings is 3. The fraction of sp³-hybridized carbons (Fsp3) is 0.0476. The van der Waals surface area contributed by atoms with Gasteiger partial charge in [-0.2, -0.15) is 0 Å². The van der Waals surface area contributed by atoms with Crippen molar-refractivity contribution in [3.8, 4) is 0 Å². The summed E-state index contributed by atoms with van der Waals surface area (Å²) in [6, 6.07) is 29.5. The van der Waals surface area contributed by atoms with Gasteiger partial charge in [-0.25, -0.2) is 0 Å². The third-order valence-electron chi connectivity index (χ3n) is 3.91. The highest BCUT2D eigenvalue weighted by Gasteiger charge is 2.28. The summed E-state index contributed by atoms with van der Waals surface area (Å²) in [4.78, 5) is 0. The summed E-state index contributed by atoms with van der Waals surface area (Å²) in [5.41, 5.74) is 1.07. The van der Waals surface area contributed by atoms with E-state index in [1.54, 1.807) is 0 Å². The molecule has 0 atom stereocenters. The maximum Gasteiger partial charge on any atom is 0.166 e. The van der Waals surface area contributed by atoms with Gasteiger partial charge in [-0.05, 0) is 23.9 Å². The first-order valence-corrected chi connectivity index (χ1v) is 9.37. The standard InChI is InChI=1S/C21H19OP/c1-18(17-19-11-5-2-6-12-19)23(22,20-13-7-3-8-14-20)21-15-9-4-10-16-21/h2-17H,1H3. The molecule has 0 spiro atoms. The molecule has 0 aliphatic rings. The molecule has 0 bridgehead atoms. The molecule has 114 valence electrons. The number of allylic oxidation sites excluding steroid dienone is 1. The molecule has 0 aliphatic heterocycles. The van der Waals surface area contributed by atoms with Gasteiger partial charge in [-0.15, -0.1) is 0 Å². The van der Waals surface area contributed by atoms with E-state index < -0.39 is 7.14 Å². The highest BCUT2D eigenvalue weighted by molar-refractivity contribution is 7.82. The zero-order chi connectivity index (χ0) is 16.1. The maximum absolute atomic E-state index is 14.1. The second kappa shape index (κ2) is 6.81. The van der Waals surface area contributed by atoms with Gasteiger partial charge < -0.3 is 4.57 Å². The Kier molecular flexibility index (Phi) is 4.60. The summed E-state index contributed by atoms with van der Waals surface area (Å²) < 4.78 is 14.1. The van der Waals surface area contributed by atoms with Crippen LogP contribution in [0.15, 0.2) is 96.3 Å². The summed E-state index contributed by atoms with van der Waals surface area (Å²) in [7, 11) is -2.82. The Hall–Kier alpha value is -2.37. The number of hydrogen-bond acceptors (Lipinski definition) is 1. The molecule has 0 aromatic heterocycles. The first-order valence-electron chi connectivity index (χ1n) is 7.66. The van der Waals surface area contributed by atoms with Crippen LogP contribution in [-0.2, 0) is 4.57 Å². The van der Waals surface area contributed by atoms with E-state index in [1.807, 2.05) is 104 Å². The lowest BCUT2D eigenvalue weighted by Crippen LogP contribution is -2.16. The molecule has 0 saturated carbocycles. The Balaban J connectivity index is 2.17. The van der Waals surface area contributed by atoms with Gasteiger partial charge in [0.1, 0.15) is 0 Å². The quantitative estimate of drug-likeness (QED) is 0.614. The lowest BCUT2D eigenvalue weighted by Gasteiger charge is -2.20. The fourth-order valence-corrected chi connectivity index (χ4v) is 5.34. The predicted octanol–water partition coefficient (Wildman–Crippen LogP) is 5.06. The van der Waals surface area contributed by atoms with Gasteiger partial charge in [-0.3, -0.25) is 0 Å². The zero-order valence-corrected chi connectivity index (χ0v) is 14.0. The van der Waals surface area contributed by atoms with Crippen molar-refractivity contribution in [2.24, 2.45) is 0 Å². The Bertz CT molecular complexity index is 793. The molecule has 0 aliphatic carbocycles. The summed E-state index contributed by atoms with van der Waals surface area (Å²) in [5, 5.41) is 2.63. The van der Waals surface area contributed by atoms with E-state index in [4.69, 9.17) is 0 Å². The van der Waals surface area contributed by atoms with Gasteiger partial charge >= 0.3 is 0 Å². The average molecular weight is 318 g/mol. The molecule has 0 fully saturated rings. The van der Waals surface area contributed by atoms with Crippen LogP contribution in [0.2, 0.25) is 0 Å². The highest BCUT2D eigenvalue weighted by atomic mass is 31.2. The van der Waals surface area contributed by atoms with E-state index in [9.17, 15) is 4.57 Å². The average Bonchev–Trinajstić information content (AvgIpc) is 2.63. The Morgan fingerprint density at radius 2 is 1.09 bits per heavy atom. The molecule has 3 aromatic carbocycles. The Labute approximate surface area is 137 Å². The van der Waals surface area contributed by atoms with Crippen LogP contribution < -0.4 is 10.6 Å². The van der Waals surface area contributed by atoms with E-state index >= 15 is 0 Å². The van der Waals surface area contributed by atoms with E-state index in [2.05, 4.69) is 0 Å². The molecule has 0 saturated heterocycles. The van der Waals surface area contributed by atoms with E-state index in [-0.39, 0.29) is 0 Å². The highest BCUT2D eigenvalue weighted by Crippen LogP contribution is 2.51. The van der Waals surface area contributed by atoms with Gasteiger partial charge in [0.25, 0.3) is 0 Å². The molecular formula is C21H19OP. The van der Waals surface area contributed by atoms with Crippen molar-refractivity contribution in [3.63, 3.8) is 0 Å². The smallest absolute Gasteiger partial charge is 0.166 e. The first kappa shape index (κ1) is 15.5. The van der Waals surface area contributed by atoms with E-state index in [0.717, 1.165) is 21.5 Å². The second-order valence-electron chi connectivity index (χ2n) is 5.48. The van der Waals surface area contributed by atoms with Gasteiger partial charge in [0.05, 0.1) is 0 Å². The van der Waals surface area contributed by atoms with Crippen LogP contribution in [0, 0.1) is 0 Å². The summed E-state index contributed by atoms with van der Waals surface area (Å²) in [6.07, 6.45) is 2.03. The molecule has 1 nitrogen and oxygen atoms in total. The first-order chi connectivity index (χ1) is 11.2. The second-order valence-corrected chi connectivity index (χ2v) is 8.43. The van der Waals surface area contributed by atoms with Crippen molar-refractivity contribution in [2.45, 2.75) is 6.92 Å². The van der Waals surface area contributed by atoms with Crippen molar-refractivity contribution in [1.29, 1.82) is 0 Å². The molecule has 0 amide bonds. The zero-order valence-electron chi connectivity index (χ0n) is 13.1. The molecular weight excluding hydrogens is 299 g/mol. The monoisotopic (exact) mass is 318 g/mol. The lowest BCUT2D eigenvalue weighted by molar-refractivity contribution is 0.590. The van der Waals surface area contributed by atoms with Crippen molar-refractivity contribution in [2.75, 3.05) is 0 Å². The molecule has 3 rings (SSSR count). The number of hydrogen-bond donors (Lipinski definition) is 0. The van der Waals surface area contributed by atoms with Gasteiger partial charge in [0.15, 0.2) is 7.14 Å². The normalized spacial score (nSPS) is 12.1.